The Morgan fingerprint density at radius 1 is 0.657 bits per heavy atom. The molecule has 0 nitrogen and oxygen atoms in total. The fourth-order valence-electron chi connectivity index (χ4n) is 3.96. The third kappa shape index (κ3) is 13.6. The van der Waals surface area contributed by atoms with E-state index >= 15 is 0 Å². The van der Waals surface area contributed by atoms with Crippen LogP contribution in [0.25, 0.3) is 0 Å². The summed E-state index contributed by atoms with van der Waals surface area (Å²) in [5.41, 5.74) is 8.11. The van der Waals surface area contributed by atoms with E-state index in [-0.39, 0.29) is 0 Å². The van der Waals surface area contributed by atoms with Crippen LogP contribution >= 0.6 is 0 Å². The highest BCUT2D eigenvalue weighted by molar-refractivity contribution is 5.32. The lowest BCUT2D eigenvalue weighted by Gasteiger charge is -2.36. The maximum atomic E-state index is 2.40. The lowest BCUT2D eigenvalue weighted by Crippen LogP contribution is -2.26. The first-order chi connectivity index (χ1) is 16.5. The molecule has 0 heterocycles. The zero-order valence-electron chi connectivity index (χ0n) is 23.7. The van der Waals surface area contributed by atoms with Gasteiger partial charge in [-0.2, -0.15) is 0 Å². The van der Waals surface area contributed by atoms with Gasteiger partial charge in [0.25, 0.3) is 0 Å². The predicted molar refractivity (Wildman–Crippen MR) is 160 cm³/mol. The molecule has 0 N–H and O–H groups in total. The molecular formula is C35H48. The molecule has 1 rings (SSSR count). The van der Waals surface area contributed by atoms with Gasteiger partial charge in [0.15, 0.2) is 0 Å². The standard InChI is InChI=1S/C35H48/c1-28(2)16-12-19-31(5)22-13-20-29(3)17-10-11-18-30(4)21-14-23-32(6)25-26-34-33(7)24-15-27-35(34,8)9/h10-14,16-26,34H,15,27H2,1-9H3/b11-10+,19-12+,20-13+,21-14+,26-25+,29-17+,30-18+,31-22+,32-23+/t34-/m0/s1. The Kier molecular flexibility index (Phi) is 13.7. The van der Waals surface area contributed by atoms with Crippen molar-refractivity contribution >= 4 is 0 Å². The molecule has 0 aromatic carbocycles. The van der Waals surface area contributed by atoms with Crippen LogP contribution in [-0.2, 0) is 0 Å². The van der Waals surface area contributed by atoms with E-state index in [9.17, 15) is 0 Å². The zero-order chi connectivity index (χ0) is 26.3. The van der Waals surface area contributed by atoms with E-state index in [4.69, 9.17) is 0 Å². The molecule has 188 valence electrons. The third-order valence-corrected chi connectivity index (χ3v) is 6.19. The lowest BCUT2D eigenvalue weighted by molar-refractivity contribution is 0.255. The number of allylic oxidation sites excluding steroid dienone is 22. The SMILES string of the molecule is CC(C)=C/C=C/C(C)=C/C=C/C(C)=C/C=C/C=C(C)/C=C/C=C(C)/C=C/[C@H]1C(C)=CCCC1(C)C. The summed E-state index contributed by atoms with van der Waals surface area (Å²) in [4.78, 5) is 0. The van der Waals surface area contributed by atoms with E-state index in [0.29, 0.717) is 11.3 Å². The van der Waals surface area contributed by atoms with Crippen molar-refractivity contribution in [1.82, 2.24) is 0 Å². The Morgan fingerprint density at radius 2 is 1.09 bits per heavy atom. The van der Waals surface area contributed by atoms with Crippen molar-refractivity contribution in [2.24, 2.45) is 11.3 Å². The summed E-state index contributed by atoms with van der Waals surface area (Å²) in [6.07, 6.45) is 37.2. The van der Waals surface area contributed by atoms with Gasteiger partial charge in [-0.05, 0) is 66.7 Å². The van der Waals surface area contributed by atoms with Crippen molar-refractivity contribution in [1.29, 1.82) is 0 Å². The minimum atomic E-state index is 0.345. The smallest absolute Gasteiger partial charge is 0.00285 e. The maximum absolute atomic E-state index is 2.40. The normalized spacial score (nSPS) is 20.7. The van der Waals surface area contributed by atoms with Crippen LogP contribution in [0.5, 0.6) is 0 Å². The second kappa shape index (κ2) is 15.9. The molecule has 0 aliphatic heterocycles. The Bertz CT molecular complexity index is 1010. The van der Waals surface area contributed by atoms with Crippen LogP contribution in [0.3, 0.4) is 0 Å². The molecule has 0 heteroatoms. The molecule has 0 aromatic heterocycles. The molecule has 0 bridgehead atoms. The summed E-state index contributed by atoms with van der Waals surface area (Å²) < 4.78 is 0. The fraction of sp³-hybridized carbons (Fsp3) is 0.371. The quantitative estimate of drug-likeness (QED) is 0.221. The fourth-order valence-corrected chi connectivity index (χ4v) is 3.96. The molecular weight excluding hydrogens is 420 g/mol. The van der Waals surface area contributed by atoms with Gasteiger partial charge in [-0.15, -0.1) is 0 Å². The highest BCUT2D eigenvalue weighted by atomic mass is 14.3. The first-order valence-electron chi connectivity index (χ1n) is 12.9. The van der Waals surface area contributed by atoms with Crippen molar-refractivity contribution in [2.45, 2.75) is 75.2 Å². The molecule has 0 amide bonds. The van der Waals surface area contributed by atoms with E-state index in [0.717, 1.165) is 0 Å². The van der Waals surface area contributed by atoms with Gasteiger partial charge in [0.05, 0.1) is 0 Å². The van der Waals surface area contributed by atoms with Crippen LogP contribution in [0.1, 0.15) is 75.2 Å². The van der Waals surface area contributed by atoms with Crippen LogP contribution < -0.4 is 0 Å². The number of hydrogen-bond acceptors (Lipinski definition) is 0. The van der Waals surface area contributed by atoms with Crippen molar-refractivity contribution in [3.8, 4) is 0 Å². The van der Waals surface area contributed by atoms with E-state index in [1.54, 1.807) is 0 Å². The highest BCUT2D eigenvalue weighted by Crippen LogP contribution is 2.41. The van der Waals surface area contributed by atoms with Gasteiger partial charge in [-0.1, -0.05) is 145 Å². The van der Waals surface area contributed by atoms with Crippen molar-refractivity contribution < 1.29 is 0 Å². The lowest BCUT2D eigenvalue weighted by atomic mass is 9.68. The Hall–Kier alpha value is -2.86. The molecule has 1 aliphatic carbocycles. The van der Waals surface area contributed by atoms with Crippen LogP contribution in [0, 0.1) is 11.3 Å². The Morgan fingerprint density at radius 3 is 1.54 bits per heavy atom. The molecule has 35 heavy (non-hydrogen) atoms. The summed E-state index contributed by atoms with van der Waals surface area (Å²) in [6, 6.07) is 0. The van der Waals surface area contributed by atoms with Crippen molar-refractivity contribution in [3.63, 3.8) is 0 Å². The minimum absolute atomic E-state index is 0.345. The molecule has 0 fully saturated rings. The molecule has 1 aliphatic rings. The zero-order valence-corrected chi connectivity index (χ0v) is 23.7. The van der Waals surface area contributed by atoms with Gasteiger partial charge in [-0.25, -0.2) is 0 Å². The number of rotatable bonds is 10. The van der Waals surface area contributed by atoms with Crippen LogP contribution in [0.4, 0.5) is 0 Å². The summed E-state index contributed by atoms with van der Waals surface area (Å²) in [5.74, 6) is 0.533. The number of hydrogen-bond donors (Lipinski definition) is 0. The van der Waals surface area contributed by atoms with E-state index in [2.05, 4.69) is 160 Å². The van der Waals surface area contributed by atoms with Gasteiger partial charge in [0.1, 0.15) is 0 Å². The first-order valence-corrected chi connectivity index (χ1v) is 12.9. The second-order valence-corrected chi connectivity index (χ2v) is 10.7. The average Bonchev–Trinajstić information content (AvgIpc) is 2.75. The second-order valence-electron chi connectivity index (χ2n) is 10.7. The minimum Gasteiger partial charge on any atom is -0.0850 e. The van der Waals surface area contributed by atoms with Gasteiger partial charge in [0, 0.05) is 5.92 Å². The molecule has 0 saturated heterocycles. The van der Waals surface area contributed by atoms with Gasteiger partial charge in [-0.3, -0.25) is 0 Å². The van der Waals surface area contributed by atoms with Gasteiger partial charge in [0.2, 0.25) is 0 Å². The average molecular weight is 469 g/mol. The maximum Gasteiger partial charge on any atom is 0.00285 e. The monoisotopic (exact) mass is 468 g/mol. The third-order valence-electron chi connectivity index (χ3n) is 6.19. The largest absolute Gasteiger partial charge is 0.0850 e. The Labute approximate surface area is 217 Å². The molecule has 0 aromatic rings. The molecule has 0 radical (unpaired) electrons. The summed E-state index contributed by atoms with van der Waals surface area (Å²) >= 11 is 0. The Balaban J connectivity index is 2.61. The van der Waals surface area contributed by atoms with E-state index < -0.39 is 0 Å². The summed E-state index contributed by atoms with van der Waals surface area (Å²) in [7, 11) is 0. The van der Waals surface area contributed by atoms with Crippen LogP contribution in [-0.4, -0.2) is 0 Å². The van der Waals surface area contributed by atoms with Crippen molar-refractivity contribution in [3.05, 3.63) is 131 Å². The first kappa shape index (κ1) is 30.2. The summed E-state index contributed by atoms with van der Waals surface area (Å²) in [6.45, 7) is 19.8. The molecule has 0 unspecified atom stereocenters. The van der Waals surface area contributed by atoms with Gasteiger partial charge >= 0.3 is 0 Å². The van der Waals surface area contributed by atoms with Crippen LogP contribution in [0.2, 0.25) is 0 Å². The topological polar surface area (TPSA) is 0 Å². The van der Waals surface area contributed by atoms with Crippen LogP contribution in [0.15, 0.2) is 131 Å². The molecule has 0 saturated carbocycles. The highest BCUT2D eigenvalue weighted by Gasteiger charge is 2.30. The predicted octanol–water partition coefficient (Wildman–Crippen LogP) is 10.9. The van der Waals surface area contributed by atoms with Gasteiger partial charge < -0.3 is 0 Å². The van der Waals surface area contributed by atoms with E-state index in [1.165, 1.54) is 46.3 Å². The molecule has 1 atom stereocenters. The van der Waals surface area contributed by atoms with Crippen molar-refractivity contribution in [2.75, 3.05) is 0 Å². The van der Waals surface area contributed by atoms with E-state index in [1.807, 2.05) is 0 Å². The molecule has 0 spiro atoms. The summed E-state index contributed by atoms with van der Waals surface area (Å²) in [5, 5.41) is 0.